The first-order chi connectivity index (χ1) is 15.6. The first-order valence-electron chi connectivity index (χ1n) is 10.7. The van der Waals surface area contributed by atoms with Crippen LogP contribution in [0.2, 0.25) is 5.02 Å². The van der Waals surface area contributed by atoms with Crippen LogP contribution in [0.4, 0.5) is 4.39 Å². The summed E-state index contributed by atoms with van der Waals surface area (Å²) < 4.78 is 13.3. The van der Waals surface area contributed by atoms with Crippen molar-refractivity contribution in [3.63, 3.8) is 0 Å². The molecule has 4 nitrogen and oxygen atoms in total. The molecule has 3 aromatic carbocycles. The van der Waals surface area contributed by atoms with E-state index in [9.17, 15) is 9.50 Å². The number of halogens is 2. The molecule has 2 N–H and O–H groups in total. The van der Waals surface area contributed by atoms with Crippen molar-refractivity contribution in [3.8, 4) is 22.4 Å². The van der Waals surface area contributed by atoms with Crippen LogP contribution in [0.15, 0.2) is 79.0 Å². The van der Waals surface area contributed by atoms with Crippen LogP contribution in [0.3, 0.4) is 0 Å². The summed E-state index contributed by atoms with van der Waals surface area (Å²) in [4.78, 5) is 2.28. The van der Waals surface area contributed by atoms with Crippen LogP contribution >= 0.6 is 11.6 Å². The Labute approximate surface area is 191 Å². The van der Waals surface area contributed by atoms with Gasteiger partial charge in [0.15, 0.2) is 0 Å². The van der Waals surface area contributed by atoms with Gasteiger partial charge in [-0.1, -0.05) is 66.2 Å². The largest absolute Gasteiger partial charge is 0.392 e. The third-order valence-electron chi connectivity index (χ3n) is 6.07. The van der Waals surface area contributed by atoms with E-state index in [1.807, 2.05) is 30.5 Å². The van der Waals surface area contributed by atoms with Crippen molar-refractivity contribution in [2.75, 3.05) is 13.1 Å². The zero-order valence-electron chi connectivity index (χ0n) is 17.4. The fourth-order valence-corrected chi connectivity index (χ4v) is 4.70. The van der Waals surface area contributed by atoms with Gasteiger partial charge in [0.2, 0.25) is 0 Å². The summed E-state index contributed by atoms with van der Waals surface area (Å²) in [6.07, 6.45) is 2.25. The average molecular weight is 448 g/mol. The lowest BCUT2D eigenvalue weighted by molar-refractivity contribution is 0.167. The summed E-state index contributed by atoms with van der Waals surface area (Å²) in [6, 6.07) is 22.4. The summed E-state index contributed by atoms with van der Waals surface area (Å²) >= 11 is 6.49. The maximum Gasteiger partial charge on any atom is 0.123 e. The Morgan fingerprint density at radius 3 is 2.34 bits per heavy atom. The van der Waals surface area contributed by atoms with Gasteiger partial charge in [0.25, 0.3) is 0 Å². The van der Waals surface area contributed by atoms with Crippen molar-refractivity contribution in [3.05, 3.63) is 101 Å². The summed E-state index contributed by atoms with van der Waals surface area (Å²) in [5.74, 6) is -0.245. The molecule has 1 aliphatic rings. The fourth-order valence-electron chi connectivity index (χ4n) is 4.47. The predicted molar refractivity (Wildman–Crippen MR) is 125 cm³/mol. The molecule has 4 aromatic rings. The molecule has 1 fully saturated rings. The molecule has 32 heavy (non-hydrogen) atoms. The highest BCUT2D eigenvalue weighted by Crippen LogP contribution is 2.39. The molecule has 0 radical (unpaired) electrons. The number of aromatic amines is 1. The highest BCUT2D eigenvalue weighted by Gasteiger charge is 2.32. The summed E-state index contributed by atoms with van der Waals surface area (Å²) in [5.41, 5.74) is 5.87. The second kappa shape index (κ2) is 8.87. The molecule has 162 valence electrons. The Bertz CT molecular complexity index is 1210. The molecule has 5 rings (SSSR count). The van der Waals surface area contributed by atoms with Crippen molar-refractivity contribution in [1.82, 2.24) is 15.1 Å². The Morgan fingerprint density at radius 2 is 1.69 bits per heavy atom. The molecule has 2 heterocycles. The van der Waals surface area contributed by atoms with Gasteiger partial charge >= 0.3 is 0 Å². The standard InChI is InChI=1S/C26H23ClFN3O/c27-24-4-2-1-3-22(24)25-23(15-29-30-25)26(31-14-13-21(32)16-31)19-7-5-17(6-8-19)18-9-11-20(28)12-10-18/h1-12,15,21,26,32H,13-14,16H2,(H,29,30). The molecule has 1 aromatic heterocycles. The topological polar surface area (TPSA) is 52.1 Å². The summed E-state index contributed by atoms with van der Waals surface area (Å²) in [5, 5.41) is 18.4. The van der Waals surface area contributed by atoms with Gasteiger partial charge in [-0.05, 0) is 41.3 Å². The molecule has 6 heteroatoms. The van der Waals surface area contributed by atoms with Crippen molar-refractivity contribution in [2.45, 2.75) is 18.6 Å². The van der Waals surface area contributed by atoms with Crippen LogP contribution < -0.4 is 0 Å². The lowest BCUT2D eigenvalue weighted by Crippen LogP contribution is -2.28. The number of nitrogens with zero attached hydrogens (tertiary/aromatic N) is 2. The number of benzene rings is 3. The molecule has 1 saturated heterocycles. The van der Waals surface area contributed by atoms with Gasteiger partial charge < -0.3 is 5.11 Å². The average Bonchev–Trinajstić information content (AvgIpc) is 3.45. The Balaban J connectivity index is 1.56. The highest BCUT2D eigenvalue weighted by molar-refractivity contribution is 6.33. The second-order valence-corrected chi connectivity index (χ2v) is 8.56. The monoisotopic (exact) mass is 447 g/mol. The number of hydrogen-bond donors (Lipinski definition) is 2. The smallest absolute Gasteiger partial charge is 0.123 e. The third-order valence-corrected chi connectivity index (χ3v) is 6.40. The number of aromatic nitrogens is 2. The van der Waals surface area contributed by atoms with Gasteiger partial charge in [0.1, 0.15) is 5.82 Å². The van der Waals surface area contributed by atoms with Crippen LogP contribution in [0.25, 0.3) is 22.4 Å². The first kappa shape index (κ1) is 20.9. The number of β-amino-alcohol motifs (C(OH)–C–C–N with tert-alkyl or cyclic N) is 1. The molecule has 0 aliphatic carbocycles. The van der Waals surface area contributed by atoms with E-state index in [0.29, 0.717) is 11.6 Å². The summed E-state index contributed by atoms with van der Waals surface area (Å²) in [6.45, 7) is 1.39. The number of likely N-dealkylation sites (tertiary alicyclic amines) is 1. The maximum atomic E-state index is 13.3. The zero-order chi connectivity index (χ0) is 22.1. The Kier molecular flexibility index (Phi) is 5.79. The molecule has 1 aliphatic heterocycles. The minimum Gasteiger partial charge on any atom is -0.392 e. The molecule has 2 unspecified atom stereocenters. The van der Waals surface area contributed by atoms with Gasteiger partial charge in [-0.2, -0.15) is 5.10 Å². The number of rotatable bonds is 5. The van der Waals surface area contributed by atoms with E-state index in [0.717, 1.165) is 46.5 Å². The molecular weight excluding hydrogens is 425 g/mol. The fraction of sp³-hybridized carbons (Fsp3) is 0.192. The van der Waals surface area contributed by atoms with E-state index in [1.54, 1.807) is 12.1 Å². The van der Waals surface area contributed by atoms with E-state index >= 15 is 0 Å². The minimum absolute atomic E-state index is 0.0839. The SMILES string of the molecule is OC1CCN(C(c2ccc(-c3ccc(F)cc3)cc2)c2cn[nH]c2-c2ccccc2Cl)C1. The van der Waals surface area contributed by atoms with Crippen LogP contribution in [0.1, 0.15) is 23.6 Å². The van der Waals surface area contributed by atoms with Crippen molar-refractivity contribution >= 4 is 11.6 Å². The zero-order valence-corrected chi connectivity index (χ0v) is 18.1. The van der Waals surface area contributed by atoms with E-state index in [1.165, 1.54) is 12.1 Å². The van der Waals surface area contributed by atoms with Crippen molar-refractivity contribution < 1.29 is 9.50 Å². The van der Waals surface area contributed by atoms with Gasteiger partial charge in [-0.3, -0.25) is 10.00 Å². The van der Waals surface area contributed by atoms with Crippen molar-refractivity contribution in [2.24, 2.45) is 0 Å². The van der Waals surface area contributed by atoms with Crippen LogP contribution in [0.5, 0.6) is 0 Å². The van der Waals surface area contributed by atoms with Gasteiger partial charge in [-0.25, -0.2) is 4.39 Å². The van der Waals surface area contributed by atoms with Crippen LogP contribution in [0, 0.1) is 5.82 Å². The van der Waals surface area contributed by atoms with E-state index in [2.05, 4.69) is 39.4 Å². The van der Waals surface area contributed by atoms with Gasteiger partial charge in [0.05, 0.1) is 24.0 Å². The second-order valence-electron chi connectivity index (χ2n) is 8.15. The number of H-pyrrole nitrogens is 1. The molecule has 0 saturated carbocycles. The quantitative estimate of drug-likeness (QED) is 0.413. The van der Waals surface area contributed by atoms with Crippen molar-refractivity contribution in [1.29, 1.82) is 0 Å². The number of nitrogens with one attached hydrogen (secondary N) is 1. The Hall–Kier alpha value is -2.99. The number of aliphatic hydroxyl groups excluding tert-OH is 1. The maximum absolute atomic E-state index is 13.3. The predicted octanol–water partition coefficient (Wildman–Crippen LogP) is 5.69. The minimum atomic E-state index is -0.341. The van der Waals surface area contributed by atoms with E-state index < -0.39 is 0 Å². The Morgan fingerprint density at radius 1 is 1.00 bits per heavy atom. The third kappa shape index (κ3) is 4.07. The van der Waals surface area contributed by atoms with Gasteiger partial charge in [0, 0.05) is 29.2 Å². The van der Waals surface area contributed by atoms with Gasteiger partial charge in [-0.15, -0.1) is 0 Å². The molecule has 0 bridgehead atoms. The number of hydrogen-bond acceptors (Lipinski definition) is 3. The molecular formula is C26H23ClFN3O. The molecule has 0 amide bonds. The molecule has 0 spiro atoms. The number of aliphatic hydroxyl groups is 1. The first-order valence-corrected chi connectivity index (χ1v) is 11.0. The summed E-state index contributed by atoms with van der Waals surface area (Å²) in [7, 11) is 0. The van der Waals surface area contributed by atoms with Crippen LogP contribution in [-0.2, 0) is 0 Å². The molecule has 2 atom stereocenters. The van der Waals surface area contributed by atoms with E-state index in [4.69, 9.17) is 11.6 Å². The highest BCUT2D eigenvalue weighted by atomic mass is 35.5. The van der Waals surface area contributed by atoms with E-state index in [-0.39, 0.29) is 18.0 Å². The lowest BCUT2D eigenvalue weighted by Gasteiger charge is -2.28. The normalized spacial score (nSPS) is 17.5. The lowest BCUT2D eigenvalue weighted by atomic mass is 9.93. The van der Waals surface area contributed by atoms with Crippen LogP contribution in [-0.4, -0.2) is 39.4 Å².